The molecule has 3 rings (SSSR count). The van der Waals surface area contributed by atoms with Gasteiger partial charge in [-0.1, -0.05) is 31.9 Å². The first-order chi connectivity index (χ1) is 9.77. The van der Waals surface area contributed by atoms with Crippen LogP contribution in [0.15, 0.2) is 12.2 Å². The minimum atomic E-state index is -3.66. The lowest BCUT2D eigenvalue weighted by atomic mass is 9.88. The van der Waals surface area contributed by atoms with Crippen molar-refractivity contribution in [1.82, 2.24) is 0 Å². The molecule has 7 heteroatoms. The topological polar surface area (TPSA) is 88.5 Å². The van der Waals surface area contributed by atoms with Crippen molar-refractivity contribution in [2.45, 2.75) is 48.7 Å². The Bertz CT molecular complexity index is 663. The third kappa shape index (κ3) is 1.90. The van der Waals surface area contributed by atoms with Crippen LogP contribution in [0.3, 0.4) is 0 Å². The molecule has 1 N–H and O–H groups in total. The van der Waals surface area contributed by atoms with Gasteiger partial charge < -0.3 is 5.11 Å². The average molecular weight is 334 g/mol. The quantitative estimate of drug-likeness (QED) is 0.590. The van der Waals surface area contributed by atoms with Crippen molar-refractivity contribution in [2.75, 3.05) is 11.5 Å². The molecule has 120 valence electrons. The van der Waals surface area contributed by atoms with E-state index in [-0.39, 0.29) is 17.6 Å². The number of allylic oxidation sites excluding steroid dienone is 2. The number of hydrogen-bond donors (Lipinski definition) is 1. The number of aliphatic hydroxyl groups excluding tert-OH is 1. The maximum atomic E-state index is 12.9. The molecule has 3 aliphatic rings. The molecule has 2 aliphatic carbocycles. The number of sulfone groups is 2. The molecular formula is C14H22O5S2. The maximum absolute atomic E-state index is 12.9. The third-order valence-electron chi connectivity index (χ3n) is 5.38. The van der Waals surface area contributed by atoms with E-state index in [0.29, 0.717) is 12.8 Å². The monoisotopic (exact) mass is 334 g/mol. The number of unbranched alkanes of at least 4 members (excludes halogenated alkanes) is 2. The summed E-state index contributed by atoms with van der Waals surface area (Å²) in [5, 5.41) is 9.46. The van der Waals surface area contributed by atoms with Gasteiger partial charge in [0.2, 0.25) is 0 Å². The van der Waals surface area contributed by atoms with Crippen LogP contribution in [0.2, 0.25) is 0 Å². The molecule has 1 heterocycles. The van der Waals surface area contributed by atoms with Crippen molar-refractivity contribution in [3.8, 4) is 0 Å². The Balaban J connectivity index is 2.07. The summed E-state index contributed by atoms with van der Waals surface area (Å²) in [7, 11) is -7.22. The Morgan fingerprint density at radius 3 is 2.67 bits per heavy atom. The van der Waals surface area contributed by atoms with Crippen LogP contribution in [0.4, 0.5) is 0 Å². The molecule has 1 aliphatic heterocycles. The van der Waals surface area contributed by atoms with Crippen molar-refractivity contribution in [3.05, 3.63) is 12.2 Å². The summed E-state index contributed by atoms with van der Waals surface area (Å²) in [6, 6.07) is 0. The average Bonchev–Trinajstić information content (AvgIpc) is 3.01. The van der Waals surface area contributed by atoms with Crippen LogP contribution in [-0.2, 0) is 19.7 Å². The van der Waals surface area contributed by atoms with Crippen LogP contribution in [-0.4, -0.2) is 49.5 Å². The molecule has 0 aromatic carbocycles. The highest BCUT2D eigenvalue weighted by Crippen LogP contribution is 2.59. The van der Waals surface area contributed by atoms with Gasteiger partial charge in [-0.2, -0.15) is 0 Å². The largest absolute Gasteiger partial charge is 0.390 e. The lowest BCUT2D eigenvalue weighted by Gasteiger charge is -2.37. The minimum Gasteiger partial charge on any atom is -0.390 e. The van der Waals surface area contributed by atoms with Crippen LogP contribution in [0.1, 0.15) is 32.6 Å². The molecule has 0 unspecified atom stereocenters. The smallest absolute Gasteiger partial charge is 0.160 e. The van der Waals surface area contributed by atoms with Crippen molar-refractivity contribution in [1.29, 1.82) is 0 Å². The van der Waals surface area contributed by atoms with E-state index in [1.807, 2.05) is 19.1 Å². The molecule has 0 aromatic heterocycles. The minimum absolute atomic E-state index is 0.0268. The first kappa shape index (κ1) is 15.5. The predicted octanol–water partition coefficient (Wildman–Crippen LogP) is 0.694. The number of rotatable bonds is 5. The zero-order valence-corrected chi connectivity index (χ0v) is 13.7. The molecule has 5 nitrogen and oxygen atoms in total. The highest BCUT2D eigenvalue weighted by Gasteiger charge is 2.74. The Hall–Kier alpha value is -0.400. The van der Waals surface area contributed by atoms with E-state index >= 15 is 0 Å². The van der Waals surface area contributed by atoms with Crippen molar-refractivity contribution in [2.24, 2.45) is 11.8 Å². The Morgan fingerprint density at radius 1 is 1.29 bits per heavy atom. The first-order valence-corrected chi connectivity index (χ1v) is 10.9. The lowest BCUT2D eigenvalue weighted by molar-refractivity contribution is 0.142. The van der Waals surface area contributed by atoms with Crippen LogP contribution >= 0.6 is 0 Å². The fourth-order valence-electron chi connectivity index (χ4n) is 4.60. The fourth-order valence-corrected chi connectivity index (χ4v) is 10.7. The molecule has 0 aromatic rings. The second kappa shape index (κ2) is 4.80. The van der Waals surface area contributed by atoms with Gasteiger partial charge in [0, 0.05) is 5.92 Å². The molecular weight excluding hydrogens is 312 g/mol. The Labute approximate surface area is 126 Å². The van der Waals surface area contributed by atoms with Crippen molar-refractivity contribution >= 4 is 19.7 Å². The van der Waals surface area contributed by atoms with E-state index in [2.05, 4.69) is 0 Å². The first-order valence-electron chi connectivity index (χ1n) is 7.57. The highest BCUT2D eigenvalue weighted by molar-refractivity contribution is 7.97. The van der Waals surface area contributed by atoms with Gasteiger partial charge in [-0.3, -0.25) is 0 Å². The molecule has 1 saturated heterocycles. The molecule has 21 heavy (non-hydrogen) atoms. The SMILES string of the molecule is CCCCCS(=O)(=O)[C@@]12[C@@H](O)CS(=O)(=O)[C@H]1[C@H]1C=C[C@H]2C1. The highest BCUT2D eigenvalue weighted by atomic mass is 32.2. The maximum Gasteiger partial charge on any atom is 0.160 e. The van der Waals surface area contributed by atoms with Gasteiger partial charge in [0.25, 0.3) is 0 Å². The van der Waals surface area contributed by atoms with E-state index in [9.17, 15) is 21.9 Å². The predicted molar refractivity (Wildman–Crippen MR) is 80.4 cm³/mol. The number of aliphatic hydroxyl groups is 1. The van der Waals surface area contributed by atoms with Gasteiger partial charge in [0.05, 0.1) is 22.9 Å². The summed E-state index contributed by atoms with van der Waals surface area (Å²) < 4.78 is 49.1. The van der Waals surface area contributed by atoms with Gasteiger partial charge >= 0.3 is 0 Å². The van der Waals surface area contributed by atoms with Gasteiger partial charge in [-0.05, 0) is 18.8 Å². The van der Waals surface area contributed by atoms with E-state index < -0.39 is 41.5 Å². The van der Waals surface area contributed by atoms with E-state index in [1.54, 1.807) is 0 Å². The summed E-state index contributed by atoms with van der Waals surface area (Å²) in [5.41, 5.74) is 0. The number of fused-ring (bicyclic) bond motifs is 5. The van der Waals surface area contributed by atoms with Crippen LogP contribution in [0.5, 0.6) is 0 Å². The zero-order chi connectivity index (χ0) is 15.5. The van der Waals surface area contributed by atoms with E-state index in [1.165, 1.54) is 0 Å². The molecule has 0 amide bonds. The summed E-state index contributed by atoms with van der Waals surface area (Å²) in [5.74, 6) is -1.05. The summed E-state index contributed by atoms with van der Waals surface area (Å²) in [6.45, 7) is 1.99. The van der Waals surface area contributed by atoms with E-state index in [0.717, 1.165) is 12.8 Å². The second-order valence-electron chi connectivity index (χ2n) is 6.54. The van der Waals surface area contributed by atoms with Gasteiger partial charge in [0.15, 0.2) is 19.7 Å². The van der Waals surface area contributed by atoms with E-state index in [4.69, 9.17) is 0 Å². The summed E-state index contributed by atoms with van der Waals surface area (Å²) in [4.78, 5) is 0. The van der Waals surface area contributed by atoms with Crippen LogP contribution in [0.25, 0.3) is 0 Å². The zero-order valence-electron chi connectivity index (χ0n) is 12.1. The van der Waals surface area contributed by atoms with Crippen LogP contribution < -0.4 is 0 Å². The number of hydrogen-bond acceptors (Lipinski definition) is 5. The summed E-state index contributed by atoms with van der Waals surface area (Å²) >= 11 is 0. The molecule has 5 atom stereocenters. The normalized spacial score (nSPS) is 43.3. The standard InChI is InChI=1S/C14H22O5S2/c1-2-3-4-7-21(18,19)14-11-6-5-10(8-11)13(14)20(16,17)9-12(14)15/h5-6,10-13,15H,2-4,7-9H2,1H3/t10-,11-,12-,13-,14-/m0/s1. The second-order valence-corrected chi connectivity index (χ2v) is 11.0. The van der Waals surface area contributed by atoms with Crippen molar-refractivity contribution < 1.29 is 21.9 Å². The third-order valence-corrected chi connectivity index (χ3v) is 10.6. The molecule has 2 bridgehead atoms. The van der Waals surface area contributed by atoms with Gasteiger partial charge in [-0.15, -0.1) is 0 Å². The van der Waals surface area contributed by atoms with Gasteiger partial charge in [0.1, 0.15) is 4.75 Å². The summed E-state index contributed by atoms with van der Waals surface area (Å²) in [6.07, 6.45) is 5.10. The van der Waals surface area contributed by atoms with Gasteiger partial charge in [-0.25, -0.2) is 16.8 Å². The molecule has 0 spiro atoms. The fraction of sp³-hybridized carbons (Fsp3) is 0.857. The Kier molecular flexibility index (Phi) is 3.54. The lowest BCUT2D eigenvalue weighted by Crippen LogP contribution is -2.57. The van der Waals surface area contributed by atoms with Crippen molar-refractivity contribution in [3.63, 3.8) is 0 Å². The molecule has 1 saturated carbocycles. The molecule has 0 radical (unpaired) electrons. The molecule has 2 fully saturated rings. The van der Waals surface area contributed by atoms with Crippen LogP contribution in [0, 0.1) is 11.8 Å². The Morgan fingerprint density at radius 2 is 2.00 bits per heavy atom.